The molecule has 1 aliphatic rings. The van der Waals surface area contributed by atoms with Crippen molar-refractivity contribution < 1.29 is 18.3 Å². The molecule has 1 amide bonds. The van der Waals surface area contributed by atoms with E-state index in [1.54, 1.807) is 22.3 Å². The van der Waals surface area contributed by atoms with E-state index >= 15 is 0 Å². The second-order valence-corrected chi connectivity index (χ2v) is 8.12. The van der Waals surface area contributed by atoms with Gasteiger partial charge in [-0.1, -0.05) is 36.9 Å². The fraction of sp³-hybridized carbons (Fsp3) is 0.474. The zero-order valence-electron chi connectivity index (χ0n) is 15.7. The number of carbonyl (C=O) groups is 1. The first kappa shape index (κ1) is 20.8. The number of aromatic nitrogens is 2. The van der Waals surface area contributed by atoms with Crippen LogP contribution in [0, 0.1) is 12.8 Å². The van der Waals surface area contributed by atoms with Gasteiger partial charge in [-0.3, -0.25) is 13.7 Å². The summed E-state index contributed by atoms with van der Waals surface area (Å²) in [5, 5.41) is 0.570. The van der Waals surface area contributed by atoms with Crippen LogP contribution in [0.3, 0.4) is 0 Å². The zero-order valence-corrected chi connectivity index (χ0v) is 17.2. The minimum Gasteiger partial charge on any atom is -0.755 e. The number of carbonyl (C=O) groups excluding carboxylic acids is 1. The van der Waals surface area contributed by atoms with E-state index in [-0.39, 0.29) is 5.69 Å². The normalized spacial score (nSPS) is 16.0. The Labute approximate surface area is 171 Å². The maximum atomic E-state index is 11.8. The van der Waals surface area contributed by atoms with E-state index in [2.05, 4.69) is 4.98 Å². The SMILES string of the molecule is Cc1nc(C(=O)NS(=O)[O-])cn1Cc1ccc(OCC2CCCCC2)cc1Cl. The zero-order chi connectivity index (χ0) is 20.1. The van der Waals surface area contributed by atoms with Crippen LogP contribution < -0.4 is 9.46 Å². The van der Waals surface area contributed by atoms with Crippen molar-refractivity contribution in [3.63, 3.8) is 0 Å². The molecule has 9 heteroatoms. The van der Waals surface area contributed by atoms with Crippen molar-refractivity contribution in [2.45, 2.75) is 45.6 Å². The highest BCUT2D eigenvalue weighted by Gasteiger charge is 2.15. The summed E-state index contributed by atoms with van der Waals surface area (Å²) in [6.07, 6.45) is 7.83. The minimum atomic E-state index is -2.68. The van der Waals surface area contributed by atoms with Gasteiger partial charge in [0.2, 0.25) is 0 Å². The quantitative estimate of drug-likeness (QED) is 0.687. The highest BCUT2D eigenvalue weighted by molar-refractivity contribution is 7.77. The Bertz CT molecular complexity index is 865. The molecule has 1 atom stereocenters. The maximum Gasteiger partial charge on any atom is 0.282 e. The van der Waals surface area contributed by atoms with Gasteiger partial charge in [0.05, 0.1) is 13.2 Å². The molecule has 1 N–H and O–H groups in total. The molecule has 3 rings (SSSR count). The Kier molecular flexibility index (Phi) is 7.09. The summed E-state index contributed by atoms with van der Waals surface area (Å²) < 4.78 is 30.6. The minimum absolute atomic E-state index is 0.0326. The molecular weight excluding hydrogens is 402 g/mol. The van der Waals surface area contributed by atoms with Crippen LogP contribution in [-0.2, 0) is 17.8 Å². The van der Waals surface area contributed by atoms with Gasteiger partial charge in [0.1, 0.15) is 17.3 Å². The van der Waals surface area contributed by atoms with Crippen molar-refractivity contribution in [2.75, 3.05) is 6.61 Å². The Morgan fingerprint density at radius 3 is 2.82 bits per heavy atom. The van der Waals surface area contributed by atoms with Crippen LogP contribution in [0.5, 0.6) is 5.75 Å². The van der Waals surface area contributed by atoms with Gasteiger partial charge in [0.15, 0.2) is 0 Å². The number of aryl methyl sites for hydroxylation is 1. The lowest BCUT2D eigenvalue weighted by molar-refractivity contribution is 0.0976. The summed E-state index contributed by atoms with van der Waals surface area (Å²) in [4.78, 5) is 15.9. The van der Waals surface area contributed by atoms with E-state index in [1.165, 1.54) is 38.3 Å². The van der Waals surface area contributed by atoms with Crippen LogP contribution in [0.4, 0.5) is 0 Å². The Balaban J connectivity index is 1.63. The summed E-state index contributed by atoms with van der Waals surface area (Å²) in [6, 6.07) is 5.59. The second kappa shape index (κ2) is 9.54. The molecule has 2 aromatic rings. The molecule has 0 radical (unpaired) electrons. The van der Waals surface area contributed by atoms with Gasteiger partial charge in [-0.25, -0.2) is 4.98 Å². The monoisotopic (exact) mass is 424 g/mol. The third-order valence-electron chi connectivity index (χ3n) is 4.96. The standard InChI is InChI=1S/C19H24ClN3O4S/c1-13-21-18(19(24)22-28(25)26)11-23(13)10-15-7-8-16(9-17(15)20)27-12-14-5-3-2-4-6-14/h7-9,11,14H,2-6,10,12H2,1H3,(H,22,24)(H,25,26)/p-1. The van der Waals surface area contributed by atoms with Crippen molar-refractivity contribution in [3.05, 3.63) is 46.5 Å². The first-order valence-electron chi connectivity index (χ1n) is 9.27. The lowest BCUT2D eigenvalue weighted by atomic mass is 9.90. The number of halogens is 1. The maximum absolute atomic E-state index is 11.8. The van der Waals surface area contributed by atoms with E-state index in [0.717, 1.165) is 17.9 Å². The Morgan fingerprint density at radius 2 is 2.14 bits per heavy atom. The van der Waals surface area contributed by atoms with Gasteiger partial charge < -0.3 is 13.9 Å². The number of hydrogen-bond acceptors (Lipinski definition) is 5. The Hall–Kier alpha value is -1.90. The van der Waals surface area contributed by atoms with Crippen molar-refractivity contribution in [2.24, 2.45) is 5.92 Å². The number of rotatable bonds is 7. The predicted octanol–water partition coefficient (Wildman–Crippen LogP) is 3.38. The highest BCUT2D eigenvalue weighted by atomic mass is 35.5. The molecule has 1 unspecified atom stereocenters. The van der Waals surface area contributed by atoms with Gasteiger partial charge in [-0.15, -0.1) is 0 Å². The van der Waals surface area contributed by atoms with Crippen LogP contribution in [0.25, 0.3) is 0 Å². The number of benzene rings is 1. The number of amides is 1. The first-order valence-corrected chi connectivity index (χ1v) is 10.7. The molecule has 0 spiro atoms. The molecule has 1 fully saturated rings. The smallest absolute Gasteiger partial charge is 0.282 e. The van der Waals surface area contributed by atoms with E-state index < -0.39 is 17.2 Å². The van der Waals surface area contributed by atoms with E-state index in [1.807, 2.05) is 12.1 Å². The average molecular weight is 425 g/mol. The fourth-order valence-corrected chi connectivity index (χ4v) is 3.89. The summed E-state index contributed by atoms with van der Waals surface area (Å²) in [6.45, 7) is 2.87. The molecule has 1 aromatic carbocycles. The summed E-state index contributed by atoms with van der Waals surface area (Å²) >= 11 is 3.74. The molecule has 0 saturated heterocycles. The third kappa shape index (κ3) is 5.56. The molecule has 28 heavy (non-hydrogen) atoms. The number of imidazole rings is 1. The number of hydrogen-bond donors (Lipinski definition) is 1. The van der Waals surface area contributed by atoms with E-state index in [9.17, 15) is 13.6 Å². The first-order chi connectivity index (χ1) is 13.4. The molecule has 7 nitrogen and oxygen atoms in total. The van der Waals surface area contributed by atoms with Gasteiger partial charge in [0.25, 0.3) is 5.91 Å². The lowest BCUT2D eigenvalue weighted by Gasteiger charge is -2.21. The summed E-state index contributed by atoms with van der Waals surface area (Å²) in [7, 11) is 0. The molecular formula is C19H23ClN3O4S-. The van der Waals surface area contributed by atoms with Gasteiger partial charge in [0, 0.05) is 22.5 Å². The molecule has 0 bridgehead atoms. The van der Waals surface area contributed by atoms with Crippen LogP contribution in [0.1, 0.15) is 54.0 Å². The third-order valence-corrected chi connectivity index (χ3v) is 5.66. The van der Waals surface area contributed by atoms with Crippen molar-refractivity contribution in [1.82, 2.24) is 14.3 Å². The van der Waals surface area contributed by atoms with Gasteiger partial charge in [-0.2, -0.15) is 0 Å². The van der Waals surface area contributed by atoms with Crippen LogP contribution >= 0.6 is 11.6 Å². The summed E-state index contributed by atoms with van der Waals surface area (Å²) in [5.41, 5.74) is 0.886. The predicted molar refractivity (Wildman–Crippen MR) is 106 cm³/mol. The topological polar surface area (TPSA) is 96.3 Å². The lowest BCUT2D eigenvalue weighted by Crippen LogP contribution is -2.25. The largest absolute Gasteiger partial charge is 0.755 e. The molecule has 0 aliphatic heterocycles. The van der Waals surface area contributed by atoms with Crippen molar-refractivity contribution in [3.8, 4) is 5.75 Å². The summed E-state index contributed by atoms with van der Waals surface area (Å²) in [5.74, 6) is 1.18. The molecule has 1 heterocycles. The van der Waals surface area contributed by atoms with Crippen molar-refractivity contribution in [1.29, 1.82) is 0 Å². The number of ether oxygens (including phenoxy) is 1. The van der Waals surface area contributed by atoms with Crippen LogP contribution in [0.15, 0.2) is 24.4 Å². The highest BCUT2D eigenvalue weighted by Crippen LogP contribution is 2.27. The average Bonchev–Trinajstić information content (AvgIpc) is 3.03. The van der Waals surface area contributed by atoms with Crippen molar-refractivity contribution >= 4 is 28.8 Å². The van der Waals surface area contributed by atoms with Crippen LogP contribution in [0.2, 0.25) is 5.02 Å². The molecule has 1 saturated carbocycles. The molecule has 1 aliphatic carbocycles. The Morgan fingerprint density at radius 1 is 1.39 bits per heavy atom. The number of nitrogens with one attached hydrogen (secondary N) is 1. The number of nitrogens with zero attached hydrogens (tertiary/aromatic N) is 2. The molecule has 152 valence electrons. The van der Waals surface area contributed by atoms with E-state index in [4.69, 9.17) is 16.3 Å². The molecule has 1 aromatic heterocycles. The second-order valence-electron chi connectivity index (χ2n) is 7.04. The van der Waals surface area contributed by atoms with Gasteiger partial charge >= 0.3 is 0 Å². The van der Waals surface area contributed by atoms with Gasteiger partial charge in [-0.05, 0) is 43.4 Å². The van der Waals surface area contributed by atoms with E-state index in [0.29, 0.717) is 23.3 Å². The fourth-order valence-electron chi connectivity index (χ4n) is 3.40. The van der Waals surface area contributed by atoms with Crippen LogP contribution in [-0.4, -0.2) is 30.8 Å².